The number of carbonyl (C=O) groups excluding carboxylic acids is 2. The Morgan fingerprint density at radius 1 is 0.905 bits per heavy atom. The summed E-state index contributed by atoms with van der Waals surface area (Å²) in [5.41, 5.74) is 5.41. The summed E-state index contributed by atoms with van der Waals surface area (Å²) in [7, 11) is 3.20. The number of allylic oxidation sites excluding steroid dienone is 3. The smallest absolute Gasteiger partial charge is 0.337 e. The summed E-state index contributed by atoms with van der Waals surface area (Å²) < 4.78 is 22.7. The van der Waals surface area contributed by atoms with Gasteiger partial charge in [-0.3, -0.25) is 4.79 Å². The molecule has 0 fully saturated rings. The van der Waals surface area contributed by atoms with Crippen molar-refractivity contribution in [2.24, 2.45) is 0 Å². The second-order valence-electron chi connectivity index (χ2n) is 10.9. The lowest BCUT2D eigenvalue weighted by atomic mass is 9.71. The summed E-state index contributed by atoms with van der Waals surface area (Å²) in [5.74, 6) is 0.856. The van der Waals surface area contributed by atoms with Crippen molar-refractivity contribution >= 4 is 11.8 Å². The van der Waals surface area contributed by atoms with Crippen molar-refractivity contribution < 1.29 is 28.5 Å². The predicted octanol–water partition coefficient (Wildman–Crippen LogP) is 6.60. The number of benzene rings is 3. The van der Waals surface area contributed by atoms with Crippen molar-refractivity contribution in [3.05, 3.63) is 112 Å². The third kappa shape index (κ3) is 6.05. The normalized spacial score (nSPS) is 18.4. The van der Waals surface area contributed by atoms with Crippen molar-refractivity contribution in [3.63, 3.8) is 0 Å². The molecule has 2 atom stereocenters. The lowest BCUT2D eigenvalue weighted by molar-refractivity contribution is -0.143. The van der Waals surface area contributed by atoms with Gasteiger partial charge in [0, 0.05) is 29.3 Å². The summed E-state index contributed by atoms with van der Waals surface area (Å²) in [6.07, 6.45) is 0.620. The molecular formula is C35H37NO6. The minimum absolute atomic E-state index is 0.00788. The third-order valence-electron chi connectivity index (χ3n) is 7.71. The molecule has 2 aliphatic rings. The van der Waals surface area contributed by atoms with Crippen LogP contribution in [0.5, 0.6) is 17.2 Å². The first-order valence-corrected chi connectivity index (χ1v) is 14.2. The van der Waals surface area contributed by atoms with Gasteiger partial charge in [0.2, 0.25) is 0 Å². The molecular weight excluding hydrogens is 530 g/mol. The van der Waals surface area contributed by atoms with Crippen molar-refractivity contribution in [2.75, 3.05) is 14.2 Å². The minimum atomic E-state index is -0.577. The van der Waals surface area contributed by atoms with E-state index < -0.39 is 11.9 Å². The average molecular weight is 568 g/mol. The van der Waals surface area contributed by atoms with Crippen molar-refractivity contribution in [1.82, 2.24) is 5.32 Å². The van der Waals surface area contributed by atoms with E-state index in [1.807, 2.05) is 93.6 Å². The Morgan fingerprint density at radius 2 is 1.67 bits per heavy atom. The van der Waals surface area contributed by atoms with Crippen LogP contribution in [0.3, 0.4) is 0 Å². The molecule has 0 spiro atoms. The standard InChI is InChI=1S/C35H37NO6/c1-21(2)42-35(38)32-22(3)36-28-17-26(24-14-15-30(39-4)31(19-24)40-5)18-29(37)34(28)33(32)25-12-9-13-27(16-25)41-20-23-10-7-6-8-11-23/h6-16,19,21,26,33,36H,17-18,20H2,1-5H3/t26-,33-/m0/s1. The lowest BCUT2D eigenvalue weighted by Gasteiger charge is -2.37. The molecule has 7 heteroatoms. The van der Waals surface area contributed by atoms with Gasteiger partial charge in [0.15, 0.2) is 17.3 Å². The van der Waals surface area contributed by atoms with Gasteiger partial charge in [-0.1, -0.05) is 48.5 Å². The molecule has 0 saturated carbocycles. The third-order valence-corrected chi connectivity index (χ3v) is 7.71. The number of hydrogen-bond acceptors (Lipinski definition) is 7. The number of methoxy groups -OCH3 is 2. The first-order chi connectivity index (χ1) is 20.3. The van der Waals surface area contributed by atoms with Gasteiger partial charge >= 0.3 is 5.97 Å². The van der Waals surface area contributed by atoms with E-state index in [4.69, 9.17) is 18.9 Å². The van der Waals surface area contributed by atoms with Gasteiger partial charge in [-0.25, -0.2) is 4.79 Å². The van der Waals surface area contributed by atoms with Crippen molar-refractivity contribution in [1.29, 1.82) is 0 Å². The Morgan fingerprint density at radius 3 is 2.38 bits per heavy atom. The van der Waals surface area contributed by atoms with Crippen LogP contribution >= 0.6 is 0 Å². The molecule has 218 valence electrons. The van der Waals surface area contributed by atoms with Crippen LogP contribution < -0.4 is 19.5 Å². The second kappa shape index (κ2) is 12.6. The molecule has 1 heterocycles. The maximum absolute atomic E-state index is 14.0. The monoisotopic (exact) mass is 567 g/mol. The summed E-state index contributed by atoms with van der Waals surface area (Å²) >= 11 is 0. The molecule has 1 aliphatic heterocycles. The van der Waals surface area contributed by atoms with Gasteiger partial charge < -0.3 is 24.3 Å². The van der Waals surface area contributed by atoms with E-state index in [0.717, 1.165) is 22.4 Å². The van der Waals surface area contributed by atoms with E-state index in [-0.39, 0.29) is 17.8 Å². The zero-order valence-corrected chi connectivity index (χ0v) is 24.7. The van der Waals surface area contributed by atoms with Crippen LogP contribution in [-0.2, 0) is 20.9 Å². The van der Waals surface area contributed by atoms with Gasteiger partial charge in [0.25, 0.3) is 0 Å². The molecule has 3 aromatic rings. The fourth-order valence-electron chi connectivity index (χ4n) is 5.79. The highest BCUT2D eigenvalue weighted by Gasteiger charge is 2.41. The molecule has 0 radical (unpaired) electrons. The van der Waals surface area contributed by atoms with Crippen molar-refractivity contribution in [3.8, 4) is 17.2 Å². The van der Waals surface area contributed by atoms with Crippen LogP contribution in [0.25, 0.3) is 0 Å². The number of rotatable bonds is 9. The van der Waals surface area contributed by atoms with Crippen LogP contribution in [-0.4, -0.2) is 32.1 Å². The zero-order chi connectivity index (χ0) is 29.8. The minimum Gasteiger partial charge on any atom is -0.493 e. The summed E-state index contributed by atoms with van der Waals surface area (Å²) in [6, 6.07) is 23.4. The molecule has 0 saturated heterocycles. The fraction of sp³-hybridized carbons (Fsp3) is 0.314. The van der Waals surface area contributed by atoms with E-state index >= 15 is 0 Å². The highest BCUT2D eigenvalue weighted by molar-refractivity contribution is 6.04. The molecule has 7 nitrogen and oxygen atoms in total. The number of nitrogens with one attached hydrogen (secondary N) is 1. The maximum Gasteiger partial charge on any atom is 0.337 e. The lowest BCUT2D eigenvalue weighted by Crippen LogP contribution is -2.36. The van der Waals surface area contributed by atoms with Gasteiger partial charge in [-0.2, -0.15) is 0 Å². The Labute approximate surface area is 247 Å². The summed E-state index contributed by atoms with van der Waals surface area (Å²) in [4.78, 5) is 27.5. The number of hydrogen-bond donors (Lipinski definition) is 1. The quantitative estimate of drug-likeness (QED) is 0.292. The van der Waals surface area contributed by atoms with Gasteiger partial charge in [-0.15, -0.1) is 0 Å². The highest BCUT2D eigenvalue weighted by Crippen LogP contribution is 2.47. The highest BCUT2D eigenvalue weighted by atomic mass is 16.5. The van der Waals surface area contributed by atoms with Crippen LogP contribution in [0, 0.1) is 0 Å². The average Bonchev–Trinajstić information content (AvgIpc) is 2.99. The summed E-state index contributed by atoms with van der Waals surface area (Å²) in [6.45, 7) is 5.92. The molecule has 1 aliphatic carbocycles. The largest absolute Gasteiger partial charge is 0.493 e. The molecule has 1 N–H and O–H groups in total. The zero-order valence-electron chi connectivity index (χ0n) is 24.7. The predicted molar refractivity (Wildman–Crippen MR) is 161 cm³/mol. The number of Topliss-reactive ketones (excluding diaryl/α,β-unsaturated/α-hetero) is 1. The maximum atomic E-state index is 14.0. The molecule has 0 bridgehead atoms. The van der Waals surface area contributed by atoms with Gasteiger partial charge in [0.05, 0.1) is 25.9 Å². The first-order valence-electron chi connectivity index (χ1n) is 14.2. The molecule has 0 aromatic heterocycles. The SMILES string of the molecule is COc1ccc([C@@H]2CC(=O)C3=C(C2)NC(C)=C(C(=O)OC(C)C)[C@@H]3c2cccc(OCc3ccccc3)c2)cc1OC. The van der Waals surface area contributed by atoms with E-state index in [9.17, 15) is 9.59 Å². The number of ether oxygens (including phenoxy) is 4. The van der Waals surface area contributed by atoms with Crippen LogP contribution in [0.1, 0.15) is 62.1 Å². The molecule has 0 amide bonds. The van der Waals surface area contributed by atoms with E-state index in [1.165, 1.54) is 0 Å². The van der Waals surface area contributed by atoms with Crippen LogP contribution in [0.4, 0.5) is 0 Å². The molecule has 5 rings (SSSR count). The van der Waals surface area contributed by atoms with E-state index in [0.29, 0.717) is 53.5 Å². The Balaban J connectivity index is 1.52. The van der Waals surface area contributed by atoms with Crippen molar-refractivity contribution in [2.45, 2.75) is 58.2 Å². The molecule has 0 unspecified atom stereocenters. The fourth-order valence-corrected chi connectivity index (χ4v) is 5.79. The van der Waals surface area contributed by atoms with Crippen LogP contribution in [0.2, 0.25) is 0 Å². The van der Waals surface area contributed by atoms with Gasteiger partial charge in [-0.05, 0) is 74.1 Å². The summed E-state index contributed by atoms with van der Waals surface area (Å²) in [5, 5.41) is 3.42. The first kappa shape index (κ1) is 29.0. The topological polar surface area (TPSA) is 83.1 Å². The Bertz CT molecular complexity index is 1540. The van der Waals surface area contributed by atoms with Crippen LogP contribution in [0.15, 0.2) is 95.3 Å². The number of dihydropyridines is 1. The number of carbonyl (C=O) groups is 2. The number of ketones is 1. The number of esters is 1. The van der Waals surface area contributed by atoms with E-state index in [2.05, 4.69) is 5.32 Å². The van der Waals surface area contributed by atoms with Gasteiger partial charge in [0.1, 0.15) is 12.4 Å². The Kier molecular flexibility index (Phi) is 8.67. The second-order valence-corrected chi connectivity index (χ2v) is 10.9. The molecule has 3 aromatic carbocycles. The van der Waals surface area contributed by atoms with E-state index in [1.54, 1.807) is 14.2 Å². The molecule has 42 heavy (non-hydrogen) atoms. The Hall–Kier alpha value is -4.52.